The zero-order valence-corrected chi connectivity index (χ0v) is 12.7. The van der Waals surface area contributed by atoms with Crippen LogP contribution >= 0.6 is 0 Å². The molecular weight excluding hydrogens is 343 g/mol. The van der Waals surface area contributed by atoms with Crippen molar-refractivity contribution in [3.05, 3.63) is 53.6 Å². The van der Waals surface area contributed by atoms with Crippen molar-refractivity contribution >= 4 is 17.3 Å². The van der Waals surface area contributed by atoms with E-state index in [0.29, 0.717) is 0 Å². The van der Waals surface area contributed by atoms with E-state index in [1.165, 1.54) is 0 Å². The molecule has 0 aliphatic rings. The van der Waals surface area contributed by atoms with Crippen LogP contribution in [0.2, 0.25) is 0 Å². The molecule has 1 atom stereocenters. The number of carbonyl (C=O) groups is 1. The molecule has 4 N–H and O–H groups in total. The van der Waals surface area contributed by atoms with E-state index in [1.54, 1.807) is 0 Å². The van der Waals surface area contributed by atoms with Crippen LogP contribution in [0, 0.1) is 17.5 Å². The maximum Gasteiger partial charge on any atom is 0.277 e. The van der Waals surface area contributed by atoms with E-state index < -0.39 is 48.4 Å². The highest BCUT2D eigenvalue weighted by atomic mass is 19.2. The highest BCUT2D eigenvalue weighted by Crippen LogP contribution is 2.26. The zero-order valence-electron chi connectivity index (χ0n) is 12.7. The van der Waals surface area contributed by atoms with Gasteiger partial charge in [0.1, 0.15) is 18.5 Å². The number of aromatic nitrogens is 1. The quantitative estimate of drug-likeness (QED) is 0.556. The van der Waals surface area contributed by atoms with E-state index in [2.05, 4.69) is 15.1 Å². The van der Waals surface area contributed by atoms with Gasteiger partial charge in [-0.3, -0.25) is 14.6 Å². The molecule has 1 amide bonds. The van der Waals surface area contributed by atoms with Gasteiger partial charge in [0.05, 0.1) is 35.9 Å². The van der Waals surface area contributed by atoms with Crippen molar-refractivity contribution < 1.29 is 33.0 Å². The lowest BCUT2D eigenvalue weighted by molar-refractivity contribution is -0.0295. The lowest BCUT2D eigenvalue weighted by atomic mass is 10.1. The predicted molar refractivity (Wildman–Crippen MR) is 80.3 cm³/mol. The Morgan fingerprint density at radius 2 is 2.04 bits per heavy atom. The minimum atomic E-state index is -1.35. The van der Waals surface area contributed by atoms with Crippen molar-refractivity contribution in [1.29, 1.82) is 0 Å². The largest absolute Gasteiger partial charge is 0.394 e. The number of nitrogens with one attached hydrogen (secondary N) is 2. The summed E-state index contributed by atoms with van der Waals surface area (Å²) in [5.41, 5.74) is 1.04. The van der Waals surface area contributed by atoms with Crippen LogP contribution in [0.25, 0.3) is 0 Å². The van der Waals surface area contributed by atoms with Gasteiger partial charge < -0.3 is 15.5 Å². The summed E-state index contributed by atoms with van der Waals surface area (Å²) >= 11 is 0. The molecule has 7 nitrogen and oxygen atoms in total. The predicted octanol–water partition coefficient (Wildman–Crippen LogP) is 1.26. The second kappa shape index (κ2) is 8.42. The molecule has 2 rings (SSSR count). The molecule has 25 heavy (non-hydrogen) atoms. The number of halogens is 3. The third-order valence-corrected chi connectivity index (χ3v) is 2.97. The summed E-state index contributed by atoms with van der Waals surface area (Å²) in [6, 6.07) is 2.71. The van der Waals surface area contributed by atoms with Gasteiger partial charge in [-0.2, -0.15) is 0 Å². The number of rotatable bonds is 7. The van der Waals surface area contributed by atoms with Crippen LogP contribution in [0.15, 0.2) is 30.6 Å². The minimum Gasteiger partial charge on any atom is -0.394 e. The van der Waals surface area contributed by atoms with Gasteiger partial charge in [0.25, 0.3) is 5.91 Å². The van der Waals surface area contributed by atoms with Crippen molar-refractivity contribution in [3.63, 3.8) is 0 Å². The van der Waals surface area contributed by atoms with Crippen LogP contribution in [0.3, 0.4) is 0 Å². The van der Waals surface area contributed by atoms with Crippen LogP contribution in [0.5, 0.6) is 0 Å². The molecule has 0 spiro atoms. The number of aliphatic hydroxyl groups excluding tert-OH is 2. The van der Waals surface area contributed by atoms with Crippen molar-refractivity contribution in [2.75, 3.05) is 18.5 Å². The SMILES string of the molecule is O=C(NOC[C@H](O)CO)c1ccc(F)c(F)c1Nc1cncc(F)c1. The first kappa shape index (κ1) is 18.6. The molecule has 0 fully saturated rings. The Labute approximate surface area is 140 Å². The van der Waals surface area contributed by atoms with E-state index in [0.717, 1.165) is 30.6 Å². The lowest BCUT2D eigenvalue weighted by Gasteiger charge is -2.14. The number of carbonyl (C=O) groups excluding carboxylic acids is 1. The molecule has 1 aromatic carbocycles. The first-order valence-corrected chi connectivity index (χ1v) is 6.99. The second-order valence-electron chi connectivity index (χ2n) is 4.88. The Balaban J connectivity index is 2.23. The van der Waals surface area contributed by atoms with Crippen molar-refractivity contribution in [2.45, 2.75) is 6.10 Å². The monoisotopic (exact) mass is 357 g/mol. The van der Waals surface area contributed by atoms with Crippen molar-refractivity contribution in [3.8, 4) is 0 Å². The molecule has 0 aliphatic heterocycles. The molecule has 134 valence electrons. The van der Waals surface area contributed by atoms with Crippen molar-refractivity contribution in [2.24, 2.45) is 0 Å². The van der Waals surface area contributed by atoms with Gasteiger partial charge in [0.2, 0.25) is 0 Å². The zero-order chi connectivity index (χ0) is 18.4. The molecule has 1 aromatic heterocycles. The van der Waals surface area contributed by atoms with Crippen molar-refractivity contribution in [1.82, 2.24) is 10.5 Å². The molecule has 0 saturated carbocycles. The fourth-order valence-electron chi connectivity index (χ4n) is 1.80. The van der Waals surface area contributed by atoms with E-state index in [9.17, 15) is 18.0 Å². The summed E-state index contributed by atoms with van der Waals surface area (Å²) in [5.74, 6) is -4.24. The number of amides is 1. The first-order valence-electron chi connectivity index (χ1n) is 6.99. The average Bonchev–Trinajstić information content (AvgIpc) is 2.59. The number of nitrogens with zero attached hydrogens (tertiary/aromatic N) is 1. The van der Waals surface area contributed by atoms with Crippen LogP contribution in [-0.2, 0) is 4.84 Å². The van der Waals surface area contributed by atoms with Gasteiger partial charge in [-0.1, -0.05) is 0 Å². The normalized spacial score (nSPS) is 11.9. The first-order chi connectivity index (χ1) is 11.9. The number of hydrogen-bond donors (Lipinski definition) is 4. The van der Waals surface area contributed by atoms with Gasteiger partial charge in [0, 0.05) is 6.07 Å². The maximum atomic E-state index is 14.1. The Hall–Kier alpha value is -2.69. The standard InChI is InChI=1S/C15H14F3N3O4/c16-8-3-9(5-19-4-8)20-14-11(1-2-12(17)13(14)18)15(24)21-25-7-10(23)6-22/h1-5,10,20,22-23H,6-7H2,(H,21,24)/t10-/m1/s1. The Morgan fingerprint density at radius 3 is 2.72 bits per heavy atom. The number of hydroxylamine groups is 1. The van der Waals surface area contributed by atoms with E-state index >= 15 is 0 Å². The smallest absolute Gasteiger partial charge is 0.277 e. The molecular formula is C15H14F3N3O4. The van der Waals surface area contributed by atoms with Gasteiger partial charge in [-0.25, -0.2) is 18.7 Å². The summed E-state index contributed by atoms with van der Waals surface area (Å²) in [5, 5.41) is 20.1. The average molecular weight is 357 g/mol. The van der Waals surface area contributed by atoms with Crippen LogP contribution in [-0.4, -0.2) is 40.4 Å². The number of anilines is 2. The molecule has 0 radical (unpaired) electrons. The number of pyridine rings is 1. The van der Waals surface area contributed by atoms with E-state index in [4.69, 9.17) is 10.2 Å². The van der Waals surface area contributed by atoms with Gasteiger partial charge >= 0.3 is 0 Å². The summed E-state index contributed by atoms with van der Waals surface area (Å²) in [7, 11) is 0. The summed E-state index contributed by atoms with van der Waals surface area (Å²) < 4.78 is 40.7. The maximum absolute atomic E-state index is 14.1. The Bertz CT molecular complexity index is 761. The second-order valence-corrected chi connectivity index (χ2v) is 4.88. The number of hydrogen-bond acceptors (Lipinski definition) is 6. The Morgan fingerprint density at radius 1 is 1.28 bits per heavy atom. The third-order valence-electron chi connectivity index (χ3n) is 2.97. The molecule has 0 aliphatic carbocycles. The fourth-order valence-corrected chi connectivity index (χ4v) is 1.80. The highest BCUT2D eigenvalue weighted by Gasteiger charge is 2.20. The number of benzene rings is 1. The molecule has 1 heterocycles. The summed E-state index contributed by atoms with van der Waals surface area (Å²) in [4.78, 5) is 20.3. The highest BCUT2D eigenvalue weighted by molar-refractivity contribution is 5.99. The van der Waals surface area contributed by atoms with Crippen LogP contribution in [0.4, 0.5) is 24.5 Å². The molecule has 0 unspecified atom stereocenters. The molecule has 10 heteroatoms. The topological polar surface area (TPSA) is 104 Å². The van der Waals surface area contributed by atoms with Gasteiger partial charge in [0.15, 0.2) is 11.6 Å². The molecule has 0 saturated heterocycles. The number of aliphatic hydroxyl groups is 2. The minimum absolute atomic E-state index is 0.00447. The van der Waals surface area contributed by atoms with E-state index in [1.807, 2.05) is 5.48 Å². The Kier molecular flexibility index (Phi) is 6.28. The molecule has 2 aromatic rings. The third kappa shape index (κ3) is 4.89. The van der Waals surface area contributed by atoms with Crippen LogP contribution < -0.4 is 10.8 Å². The fraction of sp³-hybridized carbons (Fsp3) is 0.200. The lowest BCUT2D eigenvalue weighted by Crippen LogP contribution is -2.30. The van der Waals surface area contributed by atoms with E-state index in [-0.39, 0.29) is 11.3 Å². The van der Waals surface area contributed by atoms with Gasteiger partial charge in [-0.05, 0) is 12.1 Å². The summed E-state index contributed by atoms with van der Waals surface area (Å²) in [6.45, 7) is -0.997. The van der Waals surface area contributed by atoms with Crippen LogP contribution in [0.1, 0.15) is 10.4 Å². The summed E-state index contributed by atoms with van der Waals surface area (Å²) in [6.07, 6.45) is 0.853. The van der Waals surface area contributed by atoms with Gasteiger partial charge in [-0.15, -0.1) is 0 Å². The molecule has 0 bridgehead atoms.